The maximum atomic E-state index is 13.1. The van der Waals surface area contributed by atoms with Crippen LogP contribution in [-0.4, -0.2) is 21.7 Å². The second kappa shape index (κ2) is 8.14. The molecule has 1 heterocycles. The summed E-state index contributed by atoms with van der Waals surface area (Å²) in [5.74, 6) is 0.722. The summed E-state index contributed by atoms with van der Waals surface area (Å²) in [5, 5.41) is 8.24. The van der Waals surface area contributed by atoms with Gasteiger partial charge in [0.1, 0.15) is 0 Å². The summed E-state index contributed by atoms with van der Waals surface area (Å²) in [6.07, 6.45) is 17.5. The van der Waals surface area contributed by atoms with Crippen LogP contribution in [0.3, 0.4) is 0 Å². The van der Waals surface area contributed by atoms with Crippen molar-refractivity contribution in [1.82, 2.24) is 15.1 Å². The Labute approximate surface area is 158 Å². The molecule has 0 unspecified atom stereocenters. The second-order valence-electron chi connectivity index (χ2n) is 8.88. The van der Waals surface area contributed by atoms with Crippen molar-refractivity contribution in [3.8, 4) is 0 Å². The topological polar surface area (TPSA) is 46.9 Å². The fraction of sp³-hybridized carbons (Fsp3) is 0.818. The van der Waals surface area contributed by atoms with Crippen molar-refractivity contribution >= 4 is 5.91 Å². The molecule has 4 heteroatoms. The van der Waals surface area contributed by atoms with Crippen molar-refractivity contribution in [2.45, 2.75) is 109 Å². The summed E-state index contributed by atoms with van der Waals surface area (Å²) < 4.78 is 2.27. The Bertz CT molecular complexity index is 624. The number of carbonyl (C=O) groups is 1. The van der Waals surface area contributed by atoms with Gasteiger partial charge in [-0.15, -0.1) is 0 Å². The van der Waals surface area contributed by atoms with E-state index in [1.54, 1.807) is 0 Å². The zero-order chi connectivity index (χ0) is 17.9. The van der Waals surface area contributed by atoms with Crippen LogP contribution in [0.2, 0.25) is 0 Å². The lowest BCUT2D eigenvalue weighted by atomic mass is 9.84. The maximum Gasteiger partial charge on any atom is 0.272 e. The van der Waals surface area contributed by atoms with Crippen molar-refractivity contribution in [1.29, 1.82) is 0 Å². The number of nitrogens with zero attached hydrogens (tertiary/aromatic N) is 2. The Morgan fingerprint density at radius 2 is 1.62 bits per heavy atom. The first kappa shape index (κ1) is 18.1. The van der Waals surface area contributed by atoms with Gasteiger partial charge >= 0.3 is 0 Å². The van der Waals surface area contributed by atoms with E-state index in [0.717, 1.165) is 18.5 Å². The lowest BCUT2D eigenvalue weighted by Gasteiger charge is -2.28. The van der Waals surface area contributed by atoms with E-state index < -0.39 is 0 Å². The fourth-order valence-electron chi connectivity index (χ4n) is 5.46. The van der Waals surface area contributed by atoms with E-state index in [0.29, 0.717) is 12.0 Å². The SMILES string of the molecule is C[C@@H](NC(=O)c1nn(C2CCCCC2)c2c1CCCC2)C1CCCCC1. The van der Waals surface area contributed by atoms with Gasteiger partial charge in [-0.05, 0) is 64.2 Å². The van der Waals surface area contributed by atoms with Gasteiger partial charge in [0.15, 0.2) is 5.69 Å². The van der Waals surface area contributed by atoms with Crippen LogP contribution in [0.1, 0.15) is 112 Å². The zero-order valence-corrected chi connectivity index (χ0v) is 16.4. The maximum absolute atomic E-state index is 13.1. The molecular formula is C22H35N3O. The van der Waals surface area contributed by atoms with Crippen LogP contribution < -0.4 is 5.32 Å². The molecule has 2 saturated carbocycles. The first-order chi connectivity index (χ1) is 12.7. The normalized spacial score (nSPS) is 23.4. The van der Waals surface area contributed by atoms with Crippen LogP contribution in [0.4, 0.5) is 0 Å². The summed E-state index contributed by atoms with van der Waals surface area (Å²) in [6, 6.07) is 0.787. The van der Waals surface area contributed by atoms with Crippen molar-refractivity contribution in [2.24, 2.45) is 5.92 Å². The zero-order valence-electron chi connectivity index (χ0n) is 16.4. The van der Waals surface area contributed by atoms with Gasteiger partial charge in [-0.1, -0.05) is 38.5 Å². The molecule has 0 radical (unpaired) electrons. The predicted molar refractivity (Wildman–Crippen MR) is 104 cm³/mol. The van der Waals surface area contributed by atoms with Gasteiger partial charge in [0.25, 0.3) is 5.91 Å². The summed E-state index contributed by atoms with van der Waals surface area (Å²) in [4.78, 5) is 13.1. The largest absolute Gasteiger partial charge is 0.348 e. The molecule has 1 aromatic rings. The molecule has 4 nitrogen and oxygen atoms in total. The number of amides is 1. The van der Waals surface area contributed by atoms with E-state index in [1.807, 2.05) is 0 Å². The van der Waals surface area contributed by atoms with E-state index in [1.165, 1.54) is 88.3 Å². The minimum atomic E-state index is 0.0794. The van der Waals surface area contributed by atoms with Gasteiger partial charge in [0.2, 0.25) is 0 Å². The first-order valence-corrected chi connectivity index (χ1v) is 11.1. The Morgan fingerprint density at radius 1 is 0.962 bits per heavy atom. The summed E-state index contributed by atoms with van der Waals surface area (Å²) in [7, 11) is 0. The minimum absolute atomic E-state index is 0.0794. The molecule has 1 amide bonds. The number of fused-ring (bicyclic) bond motifs is 1. The molecule has 26 heavy (non-hydrogen) atoms. The Morgan fingerprint density at radius 3 is 2.35 bits per heavy atom. The molecule has 3 aliphatic rings. The van der Waals surface area contributed by atoms with Crippen molar-refractivity contribution in [3.63, 3.8) is 0 Å². The number of hydrogen-bond donors (Lipinski definition) is 1. The number of hydrogen-bond acceptors (Lipinski definition) is 2. The highest BCUT2D eigenvalue weighted by Crippen LogP contribution is 2.33. The summed E-state index contributed by atoms with van der Waals surface area (Å²) >= 11 is 0. The molecule has 0 spiro atoms. The van der Waals surface area contributed by atoms with E-state index in [9.17, 15) is 4.79 Å². The molecule has 0 bridgehead atoms. The minimum Gasteiger partial charge on any atom is -0.348 e. The van der Waals surface area contributed by atoms with E-state index in [2.05, 4.69) is 16.9 Å². The Kier molecular flexibility index (Phi) is 5.66. The molecule has 1 atom stereocenters. The molecule has 1 N–H and O–H groups in total. The lowest BCUT2D eigenvalue weighted by molar-refractivity contribution is 0.0912. The lowest BCUT2D eigenvalue weighted by Crippen LogP contribution is -2.39. The first-order valence-electron chi connectivity index (χ1n) is 11.1. The highest BCUT2D eigenvalue weighted by atomic mass is 16.2. The van der Waals surface area contributed by atoms with Crippen LogP contribution >= 0.6 is 0 Å². The molecule has 4 rings (SSSR count). The third-order valence-electron chi connectivity index (χ3n) is 7.06. The van der Waals surface area contributed by atoms with Crippen LogP contribution in [0, 0.1) is 5.92 Å². The highest BCUT2D eigenvalue weighted by molar-refractivity contribution is 5.94. The Hall–Kier alpha value is -1.32. The van der Waals surface area contributed by atoms with Crippen molar-refractivity contribution in [3.05, 3.63) is 17.0 Å². The van der Waals surface area contributed by atoms with Crippen LogP contribution in [0.5, 0.6) is 0 Å². The fourth-order valence-corrected chi connectivity index (χ4v) is 5.46. The van der Waals surface area contributed by atoms with Crippen LogP contribution in [0.15, 0.2) is 0 Å². The van der Waals surface area contributed by atoms with E-state index in [4.69, 9.17) is 5.10 Å². The molecular weight excluding hydrogens is 322 g/mol. The van der Waals surface area contributed by atoms with Gasteiger partial charge in [-0.2, -0.15) is 5.10 Å². The molecule has 0 saturated heterocycles. The van der Waals surface area contributed by atoms with Gasteiger partial charge in [-0.25, -0.2) is 0 Å². The molecule has 1 aromatic heterocycles. The predicted octanol–water partition coefficient (Wildman–Crippen LogP) is 4.97. The van der Waals surface area contributed by atoms with Crippen molar-refractivity contribution < 1.29 is 4.79 Å². The molecule has 144 valence electrons. The average molecular weight is 358 g/mol. The number of nitrogens with one attached hydrogen (secondary N) is 1. The monoisotopic (exact) mass is 357 g/mol. The van der Waals surface area contributed by atoms with Gasteiger partial charge < -0.3 is 5.32 Å². The third kappa shape index (κ3) is 3.70. The Balaban J connectivity index is 1.53. The number of carbonyl (C=O) groups excluding carboxylic acids is 1. The summed E-state index contributed by atoms with van der Waals surface area (Å²) in [6.45, 7) is 2.19. The van der Waals surface area contributed by atoms with Crippen molar-refractivity contribution in [2.75, 3.05) is 0 Å². The highest BCUT2D eigenvalue weighted by Gasteiger charge is 2.30. The quantitative estimate of drug-likeness (QED) is 0.827. The van der Waals surface area contributed by atoms with Gasteiger partial charge in [0, 0.05) is 17.3 Å². The van der Waals surface area contributed by atoms with E-state index >= 15 is 0 Å². The molecule has 3 aliphatic carbocycles. The number of aromatic nitrogens is 2. The van der Waals surface area contributed by atoms with Gasteiger partial charge in [-0.3, -0.25) is 9.48 Å². The summed E-state index contributed by atoms with van der Waals surface area (Å²) in [5.41, 5.74) is 3.38. The standard InChI is InChI=1S/C22H35N3O/c1-16(17-10-4-2-5-11-17)23-22(26)21-19-14-8-9-15-20(19)25(24-21)18-12-6-3-7-13-18/h16-18H,2-15H2,1H3,(H,23,26)/t16-/m1/s1. The molecule has 0 aliphatic heterocycles. The molecule has 2 fully saturated rings. The second-order valence-corrected chi connectivity index (χ2v) is 8.88. The van der Waals surface area contributed by atoms with Gasteiger partial charge in [0.05, 0.1) is 6.04 Å². The third-order valence-corrected chi connectivity index (χ3v) is 7.06. The number of rotatable bonds is 4. The molecule has 0 aromatic carbocycles. The van der Waals surface area contributed by atoms with Crippen LogP contribution in [-0.2, 0) is 12.8 Å². The smallest absolute Gasteiger partial charge is 0.272 e. The van der Waals surface area contributed by atoms with Crippen LogP contribution in [0.25, 0.3) is 0 Å². The van der Waals surface area contributed by atoms with E-state index in [-0.39, 0.29) is 11.9 Å². The average Bonchev–Trinajstić information content (AvgIpc) is 3.09.